The van der Waals surface area contributed by atoms with Gasteiger partial charge in [0.2, 0.25) is 0 Å². The fourth-order valence-electron chi connectivity index (χ4n) is 2.07. The van der Waals surface area contributed by atoms with Crippen molar-refractivity contribution in [2.24, 2.45) is 5.92 Å². The molecule has 97 valence electrons. The van der Waals surface area contributed by atoms with E-state index in [1.165, 1.54) is 70.6 Å². The van der Waals surface area contributed by atoms with Gasteiger partial charge in [-0.1, -0.05) is 90.7 Å². The van der Waals surface area contributed by atoms with E-state index in [1.807, 2.05) is 0 Å². The lowest BCUT2D eigenvalue weighted by molar-refractivity contribution is 0.505. The molecule has 0 unspecified atom stereocenters. The molecule has 1 radical (unpaired) electrons. The summed E-state index contributed by atoms with van der Waals surface area (Å²) in [6.07, 6.45) is 15.6. The lowest BCUT2D eigenvalue weighted by Crippen LogP contribution is -1.87. The fourth-order valence-corrected chi connectivity index (χ4v) is 2.27. The number of rotatable bonds is 12. The van der Waals surface area contributed by atoms with Gasteiger partial charge in [0, 0.05) is 5.75 Å². The Bertz CT molecular complexity index is 121. The average Bonchev–Trinajstić information content (AvgIpc) is 2.25. The topological polar surface area (TPSA) is 0 Å². The standard InChI is InChI=1S/C15H31S/c1-15(2)13-11-9-7-5-3-4-6-8-10-12-14-16/h15H,3-14H2,1-2H3. The van der Waals surface area contributed by atoms with Gasteiger partial charge in [-0.25, -0.2) is 0 Å². The van der Waals surface area contributed by atoms with Crippen LogP contribution < -0.4 is 0 Å². The largest absolute Gasteiger partial charge is 0.0942 e. The number of hydrogen-bond donors (Lipinski definition) is 0. The van der Waals surface area contributed by atoms with Crippen LogP contribution in [-0.4, -0.2) is 5.75 Å². The molecule has 1 heteroatoms. The molecule has 0 saturated heterocycles. The monoisotopic (exact) mass is 243 g/mol. The highest BCUT2D eigenvalue weighted by Gasteiger charge is 1.95. The molecule has 0 amide bonds. The third kappa shape index (κ3) is 14.4. The van der Waals surface area contributed by atoms with Crippen molar-refractivity contribution in [2.75, 3.05) is 5.75 Å². The van der Waals surface area contributed by atoms with E-state index in [-0.39, 0.29) is 0 Å². The van der Waals surface area contributed by atoms with Gasteiger partial charge in [0.25, 0.3) is 0 Å². The van der Waals surface area contributed by atoms with Crippen LogP contribution in [0.15, 0.2) is 0 Å². The van der Waals surface area contributed by atoms with Gasteiger partial charge in [-0.15, -0.1) is 0 Å². The molecule has 0 bridgehead atoms. The summed E-state index contributed by atoms with van der Waals surface area (Å²) < 4.78 is 0. The van der Waals surface area contributed by atoms with Crippen LogP contribution in [0.1, 0.15) is 84.5 Å². The third-order valence-electron chi connectivity index (χ3n) is 3.18. The van der Waals surface area contributed by atoms with E-state index in [0.29, 0.717) is 0 Å². The first kappa shape index (κ1) is 16.4. The molecule has 0 N–H and O–H groups in total. The van der Waals surface area contributed by atoms with Crippen LogP contribution in [0.2, 0.25) is 0 Å². The van der Waals surface area contributed by atoms with Gasteiger partial charge in [-0.05, 0) is 12.3 Å². The van der Waals surface area contributed by atoms with Crippen molar-refractivity contribution in [3.05, 3.63) is 0 Å². The van der Waals surface area contributed by atoms with E-state index in [0.717, 1.165) is 11.7 Å². The summed E-state index contributed by atoms with van der Waals surface area (Å²) >= 11 is 4.93. The van der Waals surface area contributed by atoms with E-state index in [2.05, 4.69) is 13.8 Å². The first-order valence-electron chi connectivity index (χ1n) is 7.35. The first-order valence-corrected chi connectivity index (χ1v) is 7.93. The number of hydrogen-bond acceptors (Lipinski definition) is 0. The molecule has 0 rings (SSSR count). The minimum Gasteiger partial charge on any atom is -0.0942 e. The summed E-state index contributed by atoms with van der Waals surface area (Å²) in [5, 5.41) is 0. The van der Waals surface area contributed by atoms with Gasteiger partial charge >= 0.3 is 0 Å². The molecule has 0 fully saturated rings. The van der Waals surface area contributed by atoms with E-state index in [9.17, 15) is 0 Å². The van der Waals surface area contributed by atoms with Gasteiger partial charge in [0.05, 0.1) is 0 Å². The molecule has 0 aliphatic rings. The Hall–Kier alpha value is 0.350. The summed E-state index contributed by atoms with van der Waals surface area (Å²) in [6.45, 7) is 4.64. The summed E-state index contributed by atoms with van der Waals surface area (Å²) in [5.41, 5.74) is 0. The van der Waals surface area contributed by atoms with Crippen LogP contribution in [0.4, 0.5) is 0 Å². The van der Waals surface area contributed by atoms with Crippen LogP contribution in [0.5, 0.6) is 0 Å². The SMILES string of the molecule is CC(C)CCCCCCCCCCCC[S]. The molecule has 0 heterocycles. The van der Waals surface area contributed by atoms with Gasteiger partial charge in [0.15, 0.2) is 0 Å². The van der Waals surface area contributed by atoms with Crippen molar-refractivity contribution in [3.63, 3.8) is 0 Å². The molecule has 0 aromatic heterocycles. The zero-order chi connectivity index (χ0) is 12.1. The van der Waals surface area contributed by atoms with Crippen LogP contribution in [0.3, 0.4) is 0 Å². The molecule has 0 aromatic rings. The van der Waals surface area contributed by atoms with E-state index in [4.69, 9.17) is 12.6 Å². The van der Waals surface area contributed by atoms with E-state index < -0.39 is 0 Å². The maximum atomic E-state index is 4.93. The minimum absolute atomic E-state index is 0.893. The zero-order valence-corrected chi connectivity index (χ0v) is 12.3. The van der Waals surface area contributed by atoms with Crippen LogP contribution in [-0.2, 0) is 0 Å². The van der Waals surface area contributed by atoms with Crippen LogP contribution >= 0.6 is 12.6 Å². The first-order chi connectivity index (χ1) is 7.77. The second-order valence-electron chi connectivity index (χ2n) is 5.42. The Balaban J connectivity index is 2.88. The quantitative estimate of drug-likeness (QED) is 0.362. The van der Waals surface area contributed by atoms with Crippen molar-refractivity contribution >= 4 is 12.6 Å². The van der Waals surface area contributed by atoms with Crippen molar-refractivity contribution in [1.82, 2.24) is 0 Å². The maximum absolute atomic E-state index is 4.93. The summed E-state index contributed by atoms with van der Waals surface area (Å²) in [5.74, 6) is 1.85. The smallest absolute Gasteiger partial charge is 0.00369 e. The second-order valence-corrected chi connectivity index (χ2v) is 5.83. The molecule has 0 aromatic carbocycles. The van der Waals surface area contributed by atoms with Crippen molar-refractivity contribution in [2.45, 2.75) is 84.5 Å². The Morgan fingerprint density at radius 2 is 1.00 bits per heavy atom. The second kappa shape index (κ2) is 13.4. The minimum atomic E-state index is 0.893. The third-order valence-corrected chi connectivity index (χ3v) is 3.46. The van der Waals surface area contributed by atoms with Gasteiger partial charge in [-0.3, -0.25) is 0 Å². The molecule has 0 spiro atoms. The molecular weight excluding hydrogens is 212 g/mol. The Morgan fingerprint density at radius 1 is 0.625 bits per heavy atom. The Morgan fingerprint density at radius 3 is 1.38 bits per heavy atom. The normalized spacial score (nSPS) is 11.2. The highest BCUT2D eigenvalue weighted by Crippen LogP contribution is 2.13. The lowest BCUT2D eigenvalue weighted by Gasteiger charge is -2.04. The van der Waals surface area contributed by atoms with E-state index >= 15 is 0 Å². The molecule has 0 atom stereocenters. The summed E-state index contributed by atoms with van der Waals surface area (Å²) in [4.78, 5) is 0. The molecular formula is C15H31S. The zero-order valence-electron chi connectivity index (χ0n) is 11.5. The van der Waals surface area contributed by atoms with Crippen molar-refractivity contribution in [1.29, 1.82) is 0 Å². The highest BCUT2D eigenvalue weighted by molar-refractivity contribution is 7.80. The molecule has 16 heavy (non-hydrogen) atoms. The number of unbranched alkanes of at least 4 members (excludes halogenated alkanes) is 9. The lowest BCUT2D eigenvalue weighted by atomic mass is 10.0. The van der Waals surface area contributed by atoms with Crippen molar-refractivity contribution in [3.8, 4) is 0 Å². The van der Waals surface area contributed by atoms with Gasteiger partial charge in [0.1, 0.15) is 0 Å². The fraction of sp³-hybridized carbons (Fsp3) is 1.00. The van der Waals surface area contributed by atoms with Crippen molar-refractivity contribution < 1.29 is 0 Å². The van der Waals surface area contributed by atoms with Crippen LogP contribution in [0, 0.1) is 5.92 Å². The molecule has 0 saturated carbocycles. The Labute approximate surface area is 109 Å². The maximum Gasteiger partial charge on any atom is 0.00369 e. The predicted molar refractivity (Wildman–Crippen MR) is 78.1 cm³/mol. The Kier molecular flexibility index (Phi) is 13.7. The van der Waals surface area contributed by atoms with Gasteiger partial charge < -0.3 is 0 Å². The molecule has 0 aliphatic carbocycles. The van der Waals surface area contributed by atoms with Crippen LogP contribution in [0.25, 0.3) is 0 Å². The van der Waals surface area contributed by atoms with Gasteiger partial charge in [-0.2, -0.15) is 0 Å². The molecule has 0 aliphatic heterocycles. The summed E-state index contributed by atoms with van der Waals surface area (Å²) in [6, 6.07) is 0. The average molecular weight is 243 g/mol. The summed E-state index contributed by atoms with van der Waals surface area (Å²) in [7, 11) is 0. The predicted octanol–water partition coefficient (Wildman–Crippen LogP) is 6.13. The molecule has 0 nitrogen and oxygen atoms in total. The van der Waals surface area contributed by atoms with E-state index in [1.54, 1.807) is 0 Å². The highest BCUT2D eigenvalue weighted by atomic mass is 32.1.